The Hall–Kier alpha value is -2.55. The number of hydrogen-bond donors (Lipinski definition) is 1. The zero-order chi connectivity index (χ0) is 17.3. The molecule has 3 nitrogen and oxygen atoms in total. The summed E-state index contributed by atoms with van der Waals surface area (Å²) in [7, 11) is 0. The number of ether oxygens (including phenoxy) is 1. The number of allylic oxidation sites excluding steroid dienone is 1. The van der Waals surface area contributed by atoms with Crippen molar-refractivity contribution in [3.05, 3.63) is 70.8 Å². The Labute approximate surface area is 142 Å². The van der Waals surface area contributed by atoms with E-state index >= 15 is 0 Å². The van der Waals surface area contributed by atoms with Crippen LogP contribution < -0.4 is 4.74 Å². The fourth-order valence-corrected chi connectivity index (χ4v) is 3.20. The predicted octanol–water partition coefficient (Wildman–Crippen LogP) is 4.90. The van der Waals surface area contributed by atoms with Gasteiger partial charge < -0.3 is 9.84 Å². The lowest BCUT2D eigenvalue weighted by molar-refractivity contribution is 0.0697. The molecule has 0 aliphatic carbocycles. The summed E-state index contributed by atoms with van der Waals surface area (Å²) in [6, 6.07) is 13.3. The van der Waals surface area contributed by atoms with Gasteiger partial charge in [-0.05, 0) is 59.7 Å². The number of benzene rings is 2. The van der Waals surface area contributed by atoms with Gasteiger partial charge in [0.05, 0.1) is 12.2 Å². The molecule has 0 unspecified atom stereocenters. The maximum Gasteiger partial charge on any atom is 0.335 e. The molecule has 0 saturated heterocycles. The molecule has 1 N–H and O–H groups in total. The molecule has 0 bridgehead atoms. The van der Waals surface area contributed by atoms with E-state index in [1.807, 2.05) is 25.1 Å². The van der Waals surface area contributed by atoms with Crippen LogP contribution in [0.1, 0.15) is 54.2 Å². The van der Waals surface area contributed by atoms with Crippen LogP contribution in [0.4, 0.5) is 0 Å². The van der Waals surface area contributed by atoms with Crippen molar-refractivity contribution in [3.8, 4) is 5.75 Å². The predicted molar refractivity (Wildman–Crippen MR) is 95.7 cm³/mol. The van der Waals surface area contributed by atoms with Gasteiger partial charge in [0.2, 0.25) is 0 Å². The molecule has 1 aliphatic heterocycles. The summed E-state index contributed by atoms with van der Waals surface area (Å²) in [4.78, 5) is 11.0. The Morgan fingerprint density at radius 1 is 1.08 bits per heavy atom. The largest absolute Gasteiger partial charge is 0.493 e. The van der Waals surface area contributed by atoms with Gasteiger partial charge in [-0.3, -0.25) is 0 Å². The van der Waals surface area contributed by atoms with Crippen molar-refractivity contribution in [2.75, 3.05) is 6.61 Å². The second-order valence-electron chi connectivity index (χ2n) is 6.78. The van der Waals surface area contributed by atoms with Crippen LogP contribution in [0.3, 0.4) is 0 Å². The van der Waals surface area contributed by atoms with Crippen molar-refractivity contribution in [1.82, 2.24) is 0 Å². The number of rotatable bonds is 3. The van der Waals surface area contributed by atoms with E-state index in [1.165, 1.54) is 5.56 Å². The van der Waals surface area contributed by atoms with Crippen LogP contribution in [0.5, 0.6) is 5.75 Å². The molecule has 0 radical (unpaired) electrons. The molecule has 0 amide bonds. The maximum absolute atomic E-state index is 11.0. The first-order valence-electron chi connectivity index (χ1n) is 8.20. The van der Waals surface area contributed by atoms with Gasteiger partial charge in [-0.25, -0.2) is 4.79 Å². The van der Waals surface area contributed by atoms with E-state index in [0.717, 1.165) is 35.5 Å². The molecule has 0 spiro atoms. The molecule has 3 heteroatoms. The standard InChI is InChI=1S/C21H22O3/c1-4-17(14-5-7-15(8-6-14)20(22)23)16-9-10-19-18(13-16)21(2,3)11-12-24-19/h4-10,13H,11-12H2,1-3H3,(H,22,23)/b17-4+. The molecule has 0 aromatic heterocycles. The van der Waals surface area contributed by atoms with Crippen LogP contribution in [-0.4, -0.2) is 17.7 Å². The lowest BCUT2D eigenvalue weighted by atomic mass is 9.78. The molecule has 24 heavy (non-hydrogen) atoms. The van der Waals surface area contributed by atoms with E-state index < -0.39 is 5.97 Å². The van der Waals surface area contributed by atoms with Crippen LogP contribution in [-0.2, 0) is 5.41 Å². The number of carbonyl (C=O) groups is 1. The average molecular weight is 322 g/mol. The summed E-state index contributed by atoms with van der Waals surface area (Å²) >= 11 is 0. The third-order valence-corrected chi connectivity index (χ3v) is 4.74. The van der Waals surface area contributed by atoms with Crippen LogP contribution in [0.2, 0.25) is 0 Å². The normalized spacial score (nSPS) is 16.2. The molecule has 2 aromatic rings. The van der Waals surface area contributed by atoms with Crippen molar-refractivity contribution >= 4 is 11.5 Å². The van der Waals surface area contributed by atoms with Crippen molar-refractivity contribution in [1.29, 1.82) is 0 Å². The summed E-state index contributed by atoms with van der Waals surface area (Å²) in [6.07, 6.45) is 3.07. The van der Waals surface area contributed by atoms with Gasteiger partial charge in [-0.2, -0.15) is 0 Å². The summed E-state index contributed by atoms with van der Waals surface area (Å²) in [5.74, 6) is 0.0583. The fraction of sp³-hybridized carbons (Fsp3) is 0.286. The number of hydrogen-bond acceptors (Lipinski definition) is 2. The Morgan fingerprint density at radius 3 is 2.33 bits per heavy atom. The van der Waals surface area contributed by atoms with E-state index in [2.05, 4.69) is 32.1 Å². The molecular weight excluding hydrogens is 300 g/mol. The van der Waals surface area contributed by atoms with Gasteiger partial charge in [0.25, 0.3) is 0 Å². The zero-order valence-corrected chi connectivity index (χ0v) is 14.3. The SMILES string of the molecule is C/C=C(\c1ccc(C(=O)O)cc1)c1ccc2c(c1)C(C)(C)CCO2. The van der Waals surface area contributed by atoms with Gasteiger partial charge in [-0.15, -0.1) is 0 Å². The highest BCUT2D eigenvalue weighted by atomic mass is 16.5. The van der Waals surface area contributed by atoms with E-state index in [1.54, 1.807) is 12.1 Å². The van der Waals surface area contributed by atoms with Gasteiger partial charge in [0.15, 0.2) is 0 Å². The van der Waals surface area contributed by atoms with Crippen molar-refractivity contribution in [2.45, 2.75) is 32.6 Å². The quantitative estimate of drug-likeness (QED) is 0.874. The van der Waals surface area contributed by atoms with Crippen LogP contribution in [0.25, 0.3) is 5.57 Å². The Bertz CT molecular complexity index is 798. The molecule has 3 rings (SSSR count). The lowest BCUT2D eigenvalue weighted by Crippen LogP contribution is -2.26. The monoisotopic (exact) mass is 322 g/mol. The van der Waals surface area contributed by atoms with Gasteiger partial charge in [0.1, 0.15) is 5.75 Å². The maximum atomic E-state index is 11.0. The number of aromatic carboxylic acids is 1. The van der Waals surface area contributed by atoms with Crippen molar-refractivity contribution in [3.63, 3.8) is 0 Å². The van der Waals surface area contributed by atoms with E-state index in [4.69, 9.17) is 9.84 Å². The molecule has 0 fully saturated rings. The van der Waals surface area contributed by atoms with E-state index in [0.29, 0.717) is 5.56 Å². The summed E-state index contributed by atoms with van der Waals surface area (Å²) in [5, 5.41) is 9.05. The minimum absolute atomic E-state index is 0.0929. The third kappa shape index (κ3) is 2.94. The third-order valence-electron chi connectivity index (χ3n) is 4.74. The number of carboxylic acids is 1. The molecular formula is C21H22O3. The van der Waals surface area contributed by atoms with Gasteiger partial charge in [-0.1, -0.05) is 38.1 Å². The van der Waals surface area contributed by atoms with E-state index in [-0.39, 0.29) is 5.41 Å². The first-order chi connectivity index (χ1) is 11.4. The highest BCUT2D eigenvalue weighted by Crippen LogP contribution is 2.40. The molecule has 2 aromatic carbocycles. The summed E-state index contributed by atoms with van der Waals surface area (Å²) < 4.78 is 5.79. The highest BCUT2D eigenvalue weighted by molar-refractivity contribution is 5.89. The van der Waals surface area contributed by atoms with Gasteiger partial charge >= 0.3 is 5.97 Å². The van der Waals surface area contributed by atoms with Crippen molar-refractivity contribution in [2.24, 2.45) is 0 Å². The highest BCUT2D eigenvalue weighted by Gasteiger charge is 2.29. The minimum atomic E-state index is -0.906. The summed E-state index contributed by atoms with van der Waals surface area (Å²) in [6.45, 7) is 7.25. The Kier molecular flexibility index (Phi) is 4.18. The Morgan fingerprint density at radius 2 is 1.71 bits per heavy atom. The van der Waals surface area contributed by atoms with E-state index in [9.17, 15) is 4.79 Å². The molecule has 1 aliphatic rings. The minimum Gasteiger partial charge on any atom is -0.493 e. The Balaban J connectivity index is 2.02. The topological polar surface area (TPSA) is 46.5 Å². The molecule has 124 valence electrons. The van der Waals surface area contributed by atoms with Crippen molar-refractivity contribution < 1.29 is 14.6 Å². The second-order valence-corrected chi connectivity index (χ2v) is 6.78. The average Bonchev–Trinajstić information content (AvgIpc) is 2.56. The smallest absolute Gasteiger partial charge is 0.335 e. The number of carboxylic acid groups (broad SMARTS) is 1. The number of fused-ring (bicyclic) bond motifs is 1. The molecule has 1 heterocycles. The fourth-order valence-electron chi connectivity index (χ4n) is 3.20. The van der Waals surface area contributed by atoms with Gasteiger partial charge in [0, 0.05) is 5.56 Å². The lowest BCUT2D eigenvalue weighted by Gasteiger charge is -2.33. The van der Waals surface area contributed by atoms with Crippen LogP contribution in [0.15, 0.2) is 48.5 Å². The molecule has 0 atom stereocenters. The molecule has 0 saturated carbocycles. The van der Waals surface area contributed by atoms with Crippen LogP contribution in [0, 0.1) is 0 Å². The van der Waals surface area contributed by atoms with Crippen LogP contribution >= 0.6 is 0 Å². The summed E-state index contributed by atoms with van der Waals surface area (Å²) in [5.41, 5.74) is 4.85. The first-order valence-corrected chi connectivity index (χ1v) is 8.20. The second kappa shape index (κ2) is 6.16. The first kappa shape index (κ1) is 16.3. The zero-order valence-electron chi connectivity index (χ0n) is 14.3.